The molecule has 2 aliphatic heterocycles. The number of carbonyl (C=O) groups is 2. The van der Waals surface area contributed by atoms with E-state index < -0.39 is 5.54 Å². The lowest BCUT2D eigenvalue weighted by molar-refractivity contribution is -0.119. The summed E-state index contributed by atoms with van der Waals surface area (Å²) in [5.41, 5.74) is 3.45. The van der Waals surface area contributed by atoms with Gasteiger partial charge in [-0.15, -0.1) is 0 Å². The Hall–Kier alpha value is -4.24. The number of hydrogen-bond donors (Lipinski definition) is 1. The summed E-state index contributed by atoms with van der Waals surface area (Å²) < 4.78 is 7.67. The maximum Gasteiger partial charge on any atom is 0.280 e. The van der Waals surface area contributed by atoms with E-state index in [1.54, 1.807) is 30.3 Å². The molecule has 2 amide bonds. The van der Waals surface area contributed by atoms with Gasteiger partial charge in [0, 0.05) is 34.4 Å². The molecule has 7 rings (SSSR count). The minimum atomic E-state index is -1.51. The van der Waals surface area contributed by atoms with Gasteiger partial charge in [0.05, 0.1) is 24.1 Å². The van der Waals surface area contributed by atoms with Crippen LogP contribution in [0.2, 0.25) is 5.02 Å². The van der Waals surface area contributed by atoms with Gasteiger partial charge in [-0.1, -0.05) is 29.8 Å². The molecule has 2 aromatic heterocycles. The van der Waals surface area contributed by atoms with Gasteiger partial charge in [-0.3, -0.25) is 14.5 Å². The molecule has 1 unspecified atom stereocenters. The van der Waals surface area contributed by atoms with Gasteiger partial charge in [-0.2, -0.15) is 4.98 Å². The topological polar surface area (TPSA) is 102 Å². The Kier molecular flexibility index (Phi) is 5.57. The average molecular weight is 569 g/mol. The molecule has 0 bridgehead atoms. The second kappa shape index (κ2) is 8.88. The number of benzene rings is 2. The van der Waals surface area contributed by atoms with Gasteiger partial charge in [0.25, 0.3) is 11.8 Å². The number of nitrogens with zero attached hydrogens (tertiary/aromatic N) is 5. The standard InChI is InChI=1S/C31H29ClN6O3/c1-15(2)37-25-24(35-27(37)20-14-33-26(18-8-9-18)36-28(20)41-5)29(39)38(23-13-19(32)10-7-17(23)4)31(25)21-11-6-16(3)12-22(21)34-30(31)40/h6-7,10-15,18H,8-9H2,1-5H3,(H,34,40). The van der Waals surface area contributed by atoms with Gasteiger partial charge >= 0.3 is 0 Å². The molecule has 1 aliphatic carbocycles. The maximum atomic E-state index is 14.5. The molecular formula is C31H29ClN6O3. The first-order valence-electron chi connectivity index (χ1n) is 13.7. The molecule has 4 heterocycles. The van der Waals surface area contributed by atoms with E-state index in [0.717, 1.165) is 29.8 Å². The first kappa shape index (κ1) is 25.7. The highest BCUT2D eigenvalue weighted by molar-refractivity contribution is 6.31. The third-order valence-corrected chi connectivity index (χ3v) is 8.45. The summed E-state index contributed by atoms with van der Waals surface area (Å²) in [4.78, 5) is 44.7. The summed E-state index contributed by atoms with van der Waals surface area (Å²) in [7, 11) is 1.57. The van der Waals surface area contributed by atoms with Crippen LogP contribution in [0.1, 0.15) is 77.3 Å². The molecule has 1 saturated carbocycles. The fraction of sp³-hybridized carbons (Fsp3) is 0.323. The Morgan fingerprint density at radius 2 is 1.88 bits per heavy atom. The van der Waals surface area contributed by atoms with Crippen molar-refractivity contribution in [3.63, 3.8) is 0 Å². The number of amides is 2. The number of ether oxygens (including phenoxy) is 1. The van der Waals surface area contributed by atoms with Crippen molar-refractivity contribution in [1.82, 2.24) is 19.5 Å². The highest BCUT2D eigenvalue weighted by Crippen LogP contribution is 2.55. The first-order chi connectivity index (χ1) is 19.7. The van der Waals surface area contributed by atoms with Gasteiger partial charge in [0.2, 0.25) is 5.88 Å². The van der Waals surface area contributed by atoms with Gasteiger partial charge in [0.1, 0.15) is 11.6 Å². The fourth-order valence-corrected chi connectivity index (χ4v) is 6.36. The van der Waals surface area contributed by atoms with Crippen molar-refractivity contribution in [2.45, 2.75) is 58.0 Å². The molecule has 41 heavy (non-hydrogen) atoms. The monoisotopic (exact) mass is 568 g/mol. The molecule has 1 spiro atoms. The van der Waals surface area contributed by atoms with Gasteiger partial charge in [0.15, 0.2) is 11.2 Å². The summed E-state index contributed by atoms with van der Waals surface area (Å²) in [6.07, 6.45) is 3.83. The molecule has 9 nitrogen and oxygen atoms in total. The van der Waals surface area contributed by atoms with Crippen LogP contribution < -0.4 is 15.0 Å². The molecule has 0 saturated heterocycles. The maximum absolute atomic E-state index is 14.5. The van der Waals surface area contributed by atoms with Crippen LogP contribution in [-0.2, 0) is 10.3 Å². The molecule has 0 radical (unpaired) electrons. The number of imidazole rings is 1. The second-order valence-corrected chi connectivity index (χ2v) is 11.7. The number of fused-ring (bicyclic) bond motifs is 4. The summed E-state index contributed by atoms with van der Waals surface area (Å²) >= 11 is 6.45. The SMILES string of the molecule is COc1nc(C2CC2)ncc1-c1nc2c(n1C(C)C)C1(C(=O)Nc3cc(C)ccc31)N(c1cc(Cl)ccc1C)C2=O. The zero-order chi connectivity index (χ0) is 28.8. The molecule has 208 valence electrons. The van der Waals surface area contributed by atoms with Crippen molar-refractivity contribution < 1.29 is 14.3 Å². The zero-order valence-electron chi connectivity index (χ0n) is 23.4. The zero-order valence-corrected chi connectivity index (χ0v) is 24.2. The van der Waals surface area contributed by atoms with Crippen LogP contribution in [0.15, 0.2) is 42.6 Å². The van der Waals surface area contributed by atoms with Crippen LogP contribution in [0, 0.1) is 13.8 Å². The van der Waals surface area contributed by atoms with E-state index in [9.17, 15) is 9.59 Å². The molecule has 4 aromatic rings. The van der Waals surface area contributed by atoms with E-state index in [0.29, 0.717) is 50.8 Å². The van der Waals surface area contributed by atoms with Crippen molar-refractivity contribution in [1.29, 1.82) is 0 Å². The molecule has 2 aromatic carbocycles. The highest BCUT2D eigenvalue weighted by Gasteiger charge is 2.64. The lowest BCUT2D eigenvalue weighted by Crippen LogP contribution is -2.51. The molecular weight excluding hydrogens is 540 g/mol. The number of hydrogen-bond acceptors (Lipinski definition) is 6. The lowest BCUT2D eigenvalue weighted by atomic mass is 9.86. The number of anilines is 2. The van der Waals surface area contributed by atoms with Crippen LogP contribution in [0.5, 0.6) is 5.88 Å². The third kappa shape index (κ3) is 3.51. The number of aromatic nitrogens is 4. The van der Waals surface area contributed by atoms with E-state index in [1.807, 2.05) is 56.5 Å². The van der Waals surface area contributed by atoms with Crippen LogP contribution in [-0.4, -0.2) is 38.4 Å². The Balaban J connectivity index is 1.55. The van der Waals surface area contributed by atoms with E-state index in [-0.39, 0.29) is 23.6 Å². The minimum Gasteiger partial charge on any atom is -0.480 e. The molecule has 3 aliphatic rings. The van der Waals surface area contributed by atoms with Crippen molar-refractivity contribution >= 4 is 34.8 Å². The summed E-state index contributed by atoms with van der Waals surface area (Å²) in [6.45, 7) is 7.88. The Morgan fingerprint density at radius 1 is 1.10 bits per heavy atom. The Labute approximate surface area is 242 Å². The number of aryl methyl sites for hydroxylation is 2. The predicted octanol–water partition coefficient (Wildman–Crippen LogP) is 5.93. The van der Waals surface area contributed by atoms with E-state index in [1.165, 1.54) is 0 Å². The van der Waals surface area contributed by atoms with E-state index in [4.69, 9.17) is 21.3 Å². The molecule has 1 fully saturated rings. The van der Waals surface area contributed by atoms with Crippen molar-refractivity contribution in [2.24, 2.45) is 0 Å². The van der Waals surface area contributed by atoms with Crippen LogP contribution in [0.3, 0.4) is 0 Å². The molecule has 10 heteroatoms. The minimum absolute atomic E-state index is 0.179. The summed E-state index contributed by atoms with van der Waals surface area (Å²) in [6, 6.07) is 11.0. The fourth-order valence-electron chi connectivity index (χ4n) is 6.19. The first-order valence-corrected chi connectivity index (χ1v) is 14.1. The summed E-state index contributed by atoms with van der Waals surface area (Å²) in [5.74, 6) is 1.25. The highest BCUT2D eigenvalue weighted by atomic mass is 35.5. The number of halogens is 1. The second-order valence-electron chi connectivity index (χ2n) is 11.3. The summed E-state index contributed by atoms with van der Waals surface area (Å²) in [5, 5.41) is 3.54. The quantitative estimate of drug-likeness (QED) is 0.320. The average Bonchev–Trinajstić information content (AvgIpc) is 3.59. The smallest absolute Gasteiger partial charge is 0.280 e. The van der Waals surface area contributed by atoms with Crippen molar-refractivity contribution in [3.8, 4) is 17.3 Å². The third-order valence-electron chi connectivity index (χ3n) is 8.21. The normalized spacial score (nSPS) is 19.2. The number of carbonyl (C=O) groups excluding carboxylic acids is 2. The Morgan fingerprint density at radius 3 is 2.59 bits per heavy atom. The largest absolute Gasteiger partial charge is 0.480 e. The van der Waals surface area contributed by atoms with Crippen LogP contribution in [0.25, 0.3) is 11.4 Å². The van der Waals surface area contributed by atoms with Crippen molar-refractivity contribution in [3.05, 3.63) is 81.5 Å². The van der Waals surface area contributed by atoms with Gasteiger partial charge in [-0.05, 0) is 69.9 Å². The molecule has 1 N–H and O–H groups in total. The van der Waals surface area contributed by atoms with Gasteiger partial charge in [-0.25, -0.2) is 9.97 Å². The van der Waals surface area contributed by atoms with Crippen LogP contribution in [0.4, 0.5) is 11.4 Å². The van der Waals surface area contributed by atoms with Crippen LogP contribution >= 0.6 is 11.6 Å². The van der Waals surface area contributed by atoms with E-state index in [2.05, 4.69) is 15.3 Å². The number of rotatable bonds is 5. The predicted molar refractivity (Wildman–Crippen MR) is 156 cm³/mol. The lowest BCUT2D eigenvalue weighted by Gasteiger charge is -2.36. The van der Waals surface area contributed by atoms with E-state index >= 15 is 0 Å². The number of methoxy groups -OCH3 is 1. The van der Waals surface area contributed by atoms with Crippen molar-refractivity contribution in [2.75, 3.05) is 17.3 Å². The number of nitrogens with one attached hydrogen (secondary N) is 1. The Bertz CT molecular complexity index is 1790. The van der Waals surface area contributed by atoms with Gasteiger partial charge < -0.3 is 14.6 Å². The molecule has 1 atom stereocenters.